The molecule has 0 bridgehead atoms. The molecule has 0 aromatic heterocycles. The number of nitrogens with one attached hydrogen (secondary N) is 1. The Morgan fingerprint density at radius 3 is 2.81 bits per heavy atom. The lowest BCUT2D eigenvalue weighted by molar-refractivity contribution is -0.154. The summed E-state index contributed by atoms with van der Waals surface area (Å²) in [6.07, 6.45) is 1.38. The van der Waals surface area contributed by atoms with Crippen molar-refractivity contribution in [3.8, 4) is 0 Å². The minimum Gasteiger partial charge on any atom is -0.459 e. The molecule has 2 N–H and O–H groups in total. The molecular weight excluding hydrogens is 210 g/mol. The van der Waals surface area contributed by atoms with E-state index in [1.807, 2.05) is 0 Å². The van der Waals surface area contributed by atoms with Gasteiger partial charge in [-0.25, -0.2) is 0 Å². The van der Waals surface area contributed by atoms with E-state index in [4.69, 9.17) is 14.6 Å². The summed E-state index contributed by atoms with van der Waals surface area (Å²) >= 11 is 0. The first-order chi connectivity index (χ1) is 7.63. The zero-order valence-corrected chi connectivity index (χ0v) is 9.94. The van der Waals surface area contributed by atoms with E-state index in [2.05, 4.69) is 5.32 Å². The Hall–Kier alpha value is -0.650. The van der Waals surface area contributed by atoms with Crippen LogP contribution in [-0.4, -0.2) is 49.1 Å². The van der Waals surface area contributed by atoms with E-state index < -0.39 is 0 Å². The van der Waals surface area contributed by atoms with Gasteiger partial charge in [0.2, 0.25) is 0 Å². The quantitative estimate of drug-likeness (QED) is 0.633. The van der Waals surface area contributed by atoms with Crippen molar-refractivity contribution in [3.63, 3.8) is 0 Å². The summed E-state index contributed by atoms with van der Waals surface area (Å²) in [5, 5.41) is 11.8. The lowest BCUT2D eigenvalue weighted by Gasteiger charge is -2.18. The highest BCUT2D eigenvalue weighted by molar-refractivity contribution is 5.76. The zero-order chi connectivity index (χ0) is 12.0. The molecule has 0 aromatic carbocycles. The molecule has 0 aromatic rings. The van der Waals surface area contributed by atoms with E-state index in [-0.39, 0.29) is 30.8 Å². The highest BCUT2D eigenvalue weighted by Crippen LogP contribution is 2.08. The number of hydrogen-bond acceptors (Lipinski definition) is 5. The lowest BCUT2D eigenvalue weighted by atomic mass is 10.2. The van der Waals surface area contributed by atoms with Gasteiger partial charge in [-0.2, -0.15) is 0 Å². The summed E-state index contributed by atoms with van der Waals surface area (Å²) < 4.78 is 10.5. The maximum Gasteiger partial charge on any atom is 0.323 e. The van der Waals surface area contributed by atoms with Crippen LogP contribution in [0.3, 0.4) is 0 Å². The van der Waals surface area contributed by atoms with Gasteiger partial charge in [-0.3, -0.25) is 4.79 Å². The first kappa shape index (κ1) is 13.4. The third-order valence-electron chi connectivity index (χ3n) is 2.53. The van der Waals surface area contributed by atoms with Crippen molar-refractivity contribution < 1.29 is 19.4 Å². The minimum atomic E-state index is -0.274. The van der Waals surface area contributed by atoms with Crippen molar-refractivity contribution in [2.24, 2.45) is 0 Å². The Labute approximate surface area is 96.1 Å². The van der Waals surface area contributed by atoms with Gasteiger partial charge in [0.1, 0.15) is 12.1 Å². The van der Waals surface area contributed by atoms with Crippen molar-refractivity contribution in [1.29, 1.82) is 0 Å². The lowest BCUT2D eigenvalue weighted by Crippen LogP contribution is -2.35. The highest BCUT2D eigenvalue weighted by atomic mass is 16.6. The molecule has 3 atom stereocenters. The Morgan fingerprint density at radius 2 is 2.25 bits per heavy atom. The number of carbonyl (C=O) groups is 1. The SMILES string of the molecule is CC(CO)OCC(C)OC(=O)C1CCCN1. The maximum absolute atomic E-state index is 11.6. The van der Waals surface area contributed by atoms with Crippen LogP contribution in [-0.2, 0) is 14.3 Å². The van der Waals surface area contributed by atoms with Gasteiger partial charge in [0, 0.05) is 0 Å². The van der Waals surface area contributed by atoms with Crippen molar-refractivity contribution in [1.82, 2.24) is 5.32 Å². The van der Waals surface area contributed by atoms with Crippen LogP contribution in [0.4, 0.5) is 0 Å². The molecule has 1 saturated heterocycles. The standard InChI is InChI=1S/C11H21NO4/c1-8(6-13)15-7-9(2)16-11(14)10-4-3-5-12-10/h8-10,12-13H,3-7H2,1-2H3. The van der Waals surface area contributed by atoms with Gasteiger partial charge in [-0.05, 0) is 33.2 Å². The number of rotatable bonds is 6. The fraction of sp³-hybridized carbons (Fsp3) is 0.909. The Balaban J connectivity index is 2.17. The van der Waals surface area contributed by atoms with Crippen LogP contribution in [0.5, 0.6) is 0 Å². The summed E-state index contributed by atoms with van der Waals surface area (Å²) in [4.78, 5) is 11.6. The van der Waals surface area contributed by atoms with Crippen LogP contribution in [0.1, 0.15) is 26.7 Å². The summed E-state index contributed by atoms with van der Waals surface area (Å²) in [5.41, 5.74) is 0. The van der Waals surface area contributed by atoms with Gasteiger partial charge in [-0.15, -0.1) is 0 Å². The van der Waals surface area contributed by atoms with Crippen LogP contribution in [0.25, 0.3) is 0 Å². The number of ether oxygens (including phenoxy) is 2. The number of esters is 1. The average Bonchev–Trinajstić information content (AvgIpc) is 2.79. The van der Waals surface area contributed by atoms with Crippen molar-refractivity contribution in [3.05, 3.63) is 0 Å². The smallest absolute Gasteiger partial charge is 0.323 e. The van der Waals surface area contributed by atoms with Crippen molar-refractivity contribution >= 4 is 5.97 Å². The van der Waals surface area contributed by atoms with Crippen LogP contribution >= 0.6 is 0 Å². The number of carbonyl (C=O) groups excluding carboxylic acids is 1. The maximum atomic E-state index is 11.6. The van der Waals surface area contributed by atoms with Crippen LogP contribution in [0.15, 0.2) is 0 Å². The van der Waals surface area contributed by atoms with E-state index in [9.17, 15) is 4.79 Å². The molecule has 94 valence electrons. The topological polar surface area (TPSA) is 67.8 Å². The molecule has 1 aliphatic rings. The van der Waals surface area contributed by atoms with E-state index in [0.717, 1.165) is 19.4 Å². The largest absolute Gasteiger partial charge is 0.459 e. The van der Waals surface area contributed by atoms with E-state index >= 15 is 0 Å². The molecule has 0 radical (unpaired) electrons. The van der Waals surface area contributed by atoms with Gasteiger partial charge in [0.15, 0.2) is 0 Å². The van der Waals surface area contributed by atoms with E-state index in [1.165, 1.54) is 0 Å². The van der Waals surface area contributed by atoms with Crippen molar-refractivity contribution in [2.45, 2.75) is 44.9 Å². The molecule has 0 amide bonds. The number of hydrogen-bond donors (Lipinski definition) is 2. The van der Waals surface area contributed by atoms with Gasteiger partial charge >= 0.3 is 5.97 Å². The monoisotopic (exact) mass is 231 g/mol. The van der Waals surface area contributed by atoms with E-state index in [1.54, 1.807) is 13.8 Å². The molecular formula is C11H21NO4. The molecule has 5 heteroatoms. The summed E-state index contributed by atoms with van der Waals surface area (Å²) in [6, 6.07) is -0.155. The molecule has 0 aliphatic carbocycles. The van der Waals surface area contributed by atoms with Crippen LogP contribution in [0, 0.1) is 0 Å². The molecule has 3 unspecified atom stereocenters. The second-order valence-electron chi connectivity index (χ2n) is 4.22. The van der Waals surface area contributed by atoms with Crippen LogP contribution < -0.4 is 5.32 Å². The van der Waals surface area contributed by atoms with Crippen LogP contribution in [0.2, 0.25) is 0 Å². The molecule has 1 heterocycles. The second kappa shape index (κ2) is 6.83. The molecule has 16 heavy (non-hydrogen) atoms. The van der Waals surface area contributed by atoms with Crippen molar-refractivity contribution in [2.75, 3.05) is 19.8 Å². The second-order valence-corrected chi connectivity index (χ2v) is 4.22. The molecule has 0 saturated carbocycles. The Morgan fingerprint density at radius 1 is 1.50 bits per heavy atom. The molecule has 1 rings (SSSR count). The Bertz CT molecular complexity index is 216. The van der Waals surface area contributed by atoms with Gasteiger partial charge in [0.25, 0.3) is 0 Å². The molecule has 0 spiro atoms. The van der Waals surface area contributed by atoms with Gasteiger partial charge in [-0.1, -0.05) is 0 Å². The molecule has 1 fully saturated rings. The fourth-order valence-electron chi connectivity index (χ4n) is 1.55. The first-order valence-corrected chi connectivity index (χ1v) is 5.79. The molecule has 5 nitrogen and oxygen atoms in total. The third kappa shape index (κ3) is 4.47. The Kier molecular flexibility index (Phi) is 5.73. The first-order valence-electron chi connectivity index (χ1n) is 5.79. The number of aliphatic hydroxyl groups excluding tert-OH is 1. The normalized spacial score (nSPS) is 24.1. The zero-order valence-electron chi connectivity index (χ0n) is 9.94. The van der Waals surface area contributed by atoms with Gasteiger partial charge in [0.05, 0.1) is 19.3 Å². The summed E-state index contributed by atoms with van der Waals surface area (Å²) in [5.74, 6) is -0.203. The summed E-state index contributed by atoms with van der Waals surface area (Å²) in [7, 11) is 0. The van der Waals surface area contributed by atoms with Gasteiger partial charge < -0.3 is 19.9 Å². The predicted octanol–water partition coefficient (Wildman–Crippen LogP) is 0.0675. The van der Waals surface area contributed by atoms with E-state index in [0.29, 0.717) is 6.61 Å². The summed E-state index contributed by atoms with van der Waals surface area (Å²) in [6.45, 7) is 4.74. The number of aliphatic hydroxyl groups is 1. The third-order valence-corrected chi connectivity index (χ3v) is 2.53. The fourth-order valence-corrected chi connectivity index (χ4v) is 1.55. The average molecular weight is 231 g/mol. The predicted molar refractivity (Wildman–Crippen MR) is 59.1 cm³/mol. The molecule has 1 aliphatic heterocycles. The minimum absolute atomic E-state index is 0.0230. The highest BCUT2D eigenvalue weighted by Gasteiger charge is 2.24.